The van der Waals surface area contributed by atoms with Gasteiger partial charge in [-0.05, 0) is 60.1 Å². The van der Waals surface area contributed by atoms with Crippen LogP contribution in [0.2, 0.25) is 0 Å². The average Bonchev–Trinajstić information content (AvgIpc) is 3.21. The van der Waals surface area contributed by atoms with Gasteiger partial charge in [0.05, 0.1) is 17.5 Å². The highest BCUT2D eigenvalue weighted by Crippen LogP contribution is 2.27. The van der Waals surface area contributed by atoms with Gasteiger partial charge in [-0.2, -0.15) is 8.78 Å². The molecule has 59 heavy (non-hydrogen) atoms. The number of pyridine rings is 2. The van der Waals surface area contributed by atoms with Gasteiger partial charge in [0, 0.05) is 36.6 Å². The highest BCUT2D eigenvalue weighted by molar-refractivity contribution is 7.89. The number of sulfonamides is 2. The number of ketones is 1. The van der Waals surface area contributed by atoms with Crippen LogP contribution in [0.25, 0.3) is 0 Å². The summed E-state index contributed by atoms with van der Waals surface area (Å²) in [6, 6.07) is 19.1. The molecular formula is C42H52F2N6O7S2. The zero-order valence-corrected chi connectivity index (χ0v) is 35.1. The number of halogens is 2. The van der Waals surface area contributed by atoms with Crippen LogP contribution in [-0.2, 0) is 60.1 Å². The number of carbonyl (C=O) groups is 3. The van der Waals surface area contributed by atoms with Crippen molar-refractivity contribution in [2.75, 3.05) is 11.5 Å². The van der Waals surface area contributed by atoms with E-state index in [1.807, 2.05) is 0 Å². The summed E-state index contributed by atoms with van der Waals surface area (Å²) in [5.41, 5.74) is 1.77. The molecule has 318 valence electrons. The number of benzene rings is 2. The number of rotatable bonds is 23. The molecule has 2 heterocycles. The van der Waals surface area contributed by atoms with Crippen LogP contribution < -0.4 is 20.1 Å². The molecule has 13 nitrogen and oxygen atoms in total. The maximum absolute atomic E-state index is 17.0. The smallest absolute Gasteiger partial charge is 0.327 e. The summed E-state index contributed by atoms with van der Waals surface area (Å²) < 4.78 is 91.2. The van der Waals surface area contributed by atoms with Gasteiger partial charge in [0.25, 0.3) is 0 Å². The predicted octanol–water partition coefficient (Wildman–Crippen LogP) is 3.81. The molecule has 4 aromatic rings. The molecule has 0 saturated heterocycles. The molecule has 0 aliphatic carbocycles. The summed E-state index contributed by atoms with van der Waals surface area (Å²) in [5.74, 6) is -10.4. The molecule has 0 aliphatic heterocycles. The molecule has 4 rings (SSSR count). The Kier molecular flexibility index (Phi) is 16.9. The standard InChI is InChI=1S/C42H52F2N6O7S2/c1-29(2)37(49-58(54,55)25-21-33-19-11-13-23-45-33)40(52)47-35(27-31-15-7-5-8-16-31)39(51)42(43,44)36(28-32-17-9-6-10-18-32)48-41(53)38(30(3)4)50-59(56,57)26-22-34-20-12-14-24-46-34/h5-20,23-24,29-30,35-38,49-50H,21-22,25-28H2,1-4H3,(H,47,52)(H,48,53). The summed E-state index contributed by atoms with van der Waals surface area (Å²) in [4.78, 5) is 50.2. The summed E-state index contributed by atoms with van der Waals surface area (Å²) in [7, 11) is -8.23. The van der Waals surface area contributed by atoms with Gasteiger partial charge in [0.15, 0.2) is 0 Å². The van der Waals surface area contributed by atoms with Crippen molar-refractivity contribution in [2.24, 2.45) is 11.8 Å². The maximum atomic E-state index is 17.0. The number of Topliss-reactive ketones (excluding diaryl/α,β-unsaturated/α-hetero) is 1. The molecular weight excluding hydrogens is 803 g/mol. The summed E-state index contributed by atoms with van der Waals surface area (Å²) in [6.07, 6.45) is 2.17. The number of carbonyl (C=O) groups excluding carboxylic acids is 3. The molecule has 0 bridgehead atoms. The molecule has 2 aromatic heterocycles. The van der Waals surface area contributed by atoms with Gasteiger partial charge in [0.2, 0.25) is 37.6 Å². The highest BCUT2D eigenvalue weighted by Gasteiger charge is 2.51. The monoisotopic (exact) mass is 854 g/mol. The largest absolute Gasteiger partial charge is 0.345 e. The summed E-state index contributed by atoms with van der Waals surface area (Å²) >= 11 is 0. The zero-order chi connectivity index (χ0) is 43.2. The van der Waals surface area contributed by atoms with E-state index in [1.165, 1.54) is 24.5 Å². The molecule has 17 heteroatoms. The van der Waals surface area contributed by atoms with Gasteiger partial charge in [-0.25, -0.2) is 26.3 Å². The highest BCUT2D eigenvalue weighted by atomic mass is 32.2. The van der Waals surface area contributed by atoms with Crippen LogP contribution in [0.1, 0.15) is 50.2 Å². The van der Waals surface area contributed by atoms with Crippen LogP contribution in [0.5, 0.6) is 0 Å². The first-order valence-corrected chi connectivity index (χ1v) is 22.6. The fourth-order valence-corrected chi connectivity index (χ4v) is 8.89. The second kappa shape index (κ2) is 21.3. The van der Waals surface area contributed by atoms with Crippen molar-refractivity contribution in [3.05, 3.63) is 132 Å². The normalized spacial score (nSPS) is 14.3. The van der Waals surface area contributed by atoms with Crippen LogP contribution in [0, 0.1) is 11.8 Å². The predicted molar refractivity (Wildman–Crippen MR) is 221 cm³/mol. The topological polar surface area (TPSA) is 193 Å². The SMILES string of the molecule is CC(C)C(NS(=O)(=O)CCc1ccccn1)C(=O)NC(Cc1ccccc1)C(=O)C(F)(F)C(Cc1ccccc1)NC(=O)C(NS(=O)(=O)CCc1ccccn1)C(C)C. The van der Waals surface area contributed by atoms with E-state index in [0.29, 0.717) is 22.5 Å². The van der Waals surface area contributed by atoms with E-state index in [1.54, 1.807) is 113 Å². The summed E-state index contributed by atoms with van der Waals surface area (Å²) in [5, 5.41) is 4.68. The number of hydrogen-bond donors (Lipinski definition) is 4. The Morgan fingerprint density at radius 1 is 0.593 bits per heavy atom. The average molecular weight is 855 g/mol. The van der Waals surface area contributed by atoms with Crippen molar-refractivity contribution in [2.45, 2.75) is 83.5 Å². The van der Waals surface area contributed by atoms with Gasteiger partial charge >= 0.3 is 5.92 Å². The number of aromatic nitrogens is 2. The number of amides is 2. The van der Waals surface area contributed by atoms with E-state index in [-0.39, 0.29) is 12.8 Å². The van der Waals surface area contributed by atoms with Gasteiger partial charge in [0.1, 0.15) is 18.1 Å². The Bertz CT molecular complexity index is 2190. The number of aryl methyl sites for hydroxylation is 2. The first kappa shape index (κ1) is 46.7. The number of nitrogens with one attached hydrogen (secondary N) is 4. The van der Waals surface area contributed by atoms with Crippen LogP contribution in [-0.4, -0.2) is 86.0 Å². The first-order valence-electron chi connectivity index (χ1n) is 19.3. The van der Waals surface area contributed by atoms with Crippen molar-refractivity contribution in [1.29, 1.82) is 0 Å². The lowest BCUT2D eigenvalue weighted by Crippen LogP contribution is -2.63. The van der Waals surface area contributed by atoms with Crippen molar-refractivity contribution < 1.29 is 40.0 Å². The molecule has 4 N–H and O–H groups in total. The van der Waals surface area contributed by atoms with E-state index in [2.05, 4.69) is 30.0 Å². The number of nitrogens with zero attached hydrogens (tertiary/aromatic N) is 2. The minimum atomic E-state index is -4.35. The van der Waals surface area contributed by atoms with Gasteiger partial charge in [-0.1, -0.05) is 100 Å². The Hall–Kier alpha value is -4.97. The second-order valence-corrected chi connectivity index (χ2v) is 18.7. The molecule has 4 unspecified atom stereocenters. The van der Waals surface area contributed by atoms with Gasteiger partial charge in [-0.3, -0.25) is 24.4 Å². The maximum Gasteiger partial charge on any atom is 0.327 e. The quantitative estimate of drug-likeness (QED) is 0.0859. The molecule has 0 radical (unpaired) electrons. The molecule has 2 aromatic carbocycles. The molecule has 0 fully saturated rings. The Morgan fingerprint density at radius 2 is 1.00 bits per heavy atom. The van der Waals surface area contributed by atoms with Crippen LogP contribution in [0.4, 0.5) is 8.78 Å². The third kappa shape index (κ3) is 14.7. The fourth-order valence-electron chi connectivity index (χ4n) is 6.17. The lowest BCUT2D eigenvalue weighted by molar-refractivity contribution is -0.153. The Labute approximate surface area is 345 Å². The third-order valence-electron chi connectivity index (χ3n) is 9.50. The van der Waals surface area contributed by atoms with Crippen LogP contribution in [0.3, 0.4) is 0 Å². The Morgan fingerprint density at radius 3 is 1.41 bits per heavy atom. The van der Waals surface area contributed by atoms with Crippen molar-refractivity contribution in [1.82, 2.24) is 30.0 Å². The van der Waals surface area contributed by atoms with E-state index in [9.17, 15) is 31.2 Å². The minimum absolute atomic E-state index is 0.0324. The molecule has 0 spiro atoms. The van der Waals surface area contributed by atoms with Crippen molar-refractivity contribution in [3.8, 4) is 0 Å². The molecule has 2 amide bonds. The number of alkyl halides is 2. The van der Waals surface area contributed by atoms with E-state index in [0.717, 1.165) is 0 Å². The third-order valence-corrected chi connectivity index (χ3v) is 12.2. The van der Waals surface area contributed by atoms with E-state index in [4.69, 9.17) is 0 Å². The lowest BCUT2D eigenvalue weighted by atomic mass is 9.90. The number of hydrogen-bond acceptors (Lipinski definition) is 9. The van der Waals surface area contributed by atoms with Gasteiger partial charge < -0.3 is 10.6 Å². The van der Waals surface area contributed by atoms with E-state index >= 15 is 8.78 Å². The van der Waals surface area contributed by atoms with Crippen LogP contribution in [0.15, 0.2) is 109 Å². The van der Waals surface area contributed by atoms with Gasteiger partial charge in [-0.15, -0.1) is 0 Å². The second-order valence-electron chi connectivity index (χ2n) is 14.9. The molecule has 0 aliphatic rings. The first-order chi connectivity index (χ1) is 27.9. The van der Waals surface area contributed by atoms with Crippen molar-refractivity contribution >= 4 is 37.6 Å². The fraction of sp³-hybridized carbons (Fsp3) is 0.405. The summed E-state index contributed by atoms with van der Waals surface area (Å²) in [6.45, 7) is 6.23. The molecule has 0 saturated carbocycles. The minimum Gasteiger partial charge on any atom is -0.345 e. The van der Waals surface area contributed by atoms with Crippen molar-refractivity contribution in [3.63, 3.8) is 0 Å². The van der Waals surface area contributed by atoms with Crippen LogP contribution >= 0.6 is 0 Å². The molecule has 4 atom stereocenters. The Balaban J connectivity index is 1.61. The zero-order valence-electron chi connectivity index (χ0n) is 33.4. The van der Waals surface area contributed by atoms with E-state index < -0.39 is 104 Å². The lowest BCUT2D eigenvalue weighted by Gasteiger charge is -2.32.